The predicted octanol–water partition coefficient (Wildman–Crippen LogP) is 3.27. The van der Waals surface area contributed by atoms with E-state index in [1.165, 1.54) is 18.5 Å². The maximum absolute atomic E-state index is 12.1. The van der Waals surface area contributed by atoms with Gasteiger partial charge >= 0.3 is 5.97 Å². The van der Waals surface area contributed by atoms with Crippen molar-refractivity contribution in [1.29, 1.82) is 0 Å². The molecule has 0 radical (unpaired) electrons. The molecule has 2 aromatic carbocycles. The molecule has 0 spiro atoms. The molecule has 0 atom stereocenters. The molecule has 0 saturated heterocycles. The molecule has 1 aromatic heterocycles. The lowest BCUT2D eigenvalue weighted by atomic mass is 10.1. The highest BCUT2D eigenvalue weighted by Gasteiger charge is 2.12. The molecule has 36 heavy (non-hydrogen) atoms. The number of quaternary nitrogens is 1. The number of nitro benzene ring substituents is 1. The van der Waals surface area contributed by atoms with Crippen molar-refractivity contribution in [3.05, 3.63) is 70.4 Å². The van der Waals surface area contributed by atoms with Gasteiger partial charge in [0.2, 0.25) is 0 Å². The quantitative estimate of drug-likeness (QED) is 0.0705. The second-order valence-corrected chi connectivity index (χ2v) is 10.1. The van der Waals surface area contributed by atoms with Crippen molar-refractivity contribution in [3.8, 4) is 0 Å². The van der Waals surface area contributed by atoms with Crippen molar-refractivity contribution in [2.45, 2.75) is 57.9 Å². The number of ether oxygens (including phenoxy) is 1. The summed E-state index contributed by atoms with van der Waals surface area (Å²) in [7, 11) is 6.35. The van der Waals surface area contributed by atoms with Gasteiger partial charge in [-0.15, -0.1) is 0 Å². The number of hydrogen-bond donors (Lipinski definition) is 0. The molecule has 3 rings (SSSR count). The Hall–Kier alpha value is -2.46. The van der Waals surface area contributed by atoms with Crippen molar-refractivity contribution in [2.75, 3.05) is 27.7 Å². The van der Waals surface area contributed by atoms with Crippen molar-refractivity contribution < 1.29 is 38.4 Å². The Balaban J connectivity index is 0.00000456. The van der Waals surface area contributed by atoms with Crippen LogP contribution in [-0.2, 0) is 22.5 Å². The van der Waals surface area contributed by atoms with Gasteiger partial charge in [0.15, 0.2) is 0 Å². The molecule has 0 aliphatic heterocycles. The minimum Gasteiger partial charge on any atom is -1.00 e. The van der Waals surface area contributed by atoms with Crippen LogP contribution in [-0.4, -0.2) is 43.2 Å². The normalized spacial score (nSPS) is 11.3. The number of non-ortho nitro benzene ring substituents is 1. The van der Waals surface area contributed by atoms with Crippen LogP contribution in [0.4, 0.5) is 11.4 Å². The van der Waals surface area contributed by atoms with Crippen LogP contribution in [0.2, 0.25) is 0 Å². The van der Waals surface area contributed by atoms with Gasteiger partial charge in [0.1, 0.15) is 5.69 Å². The van der Waals surface area contributed by atoms with E-state index in [1.807, 2.05) is 30.5 Å². The highest BCUT2D eigenvalue weighted by atomic mass is 127. The monoisotopic (exact) mass is 607 g/mol. The molecule has 0 bridgehead atoms. The molecule has 0 fully saturated rings. The van der Waals surface area contributed by atoms with E-state index in [0.29, 0.717) is 13.0 Å². The fourth-order valence-corrected chi connectivity index (χ4v) is 4.23. The Labute approximate surface area is 231 Å². The zero-order chi connectivity index (χ0) is 25.3. The lowest BCUT2D eigenvalue weighted by Gasteiger charge is -2.23. The van der Waals surface area contributed by atoms with Gasteiger partial charge in [0.05, 0.1) is 39.1 Å². The van der Waals surface area contributed by atoms with Crippen LogP contribution < -0.4 is 28.5 Å². The summed E-state index contributed by atoms with van der Waals surface area (Å²) in [5.74, 6) is -0.157. The van der Waals surface area contributed by atoms with Crippen molar-refractivity contribution in [3.63, 3.8) is 0 Å². The van der Waals surface area contributed by atoms with Crippen molar-refractivity contribution in [2.24, 2.45) is 0 Å². The van der Waals surface area contributed by atoms with Crippen molar-refractivity contribution >= 4 is 28.2 Å². The van der Waals surface area contributed by atoms with E-state index in [0.717, 1.165) is 59.6 Å². The smallest absolute Gasteiger partial charge is 0.310 e. The average molecular weight is 608 g/mol. The van der Waals surface area contributed by atoms with Gasteiger partial charge in [-0.2, -0.15) is 0 Å². The first-order valence-corrected chi connectivity index (χ1v) is 12.5. The maximum atomic E-state index is 12.1. The van der Waals surface area contributed by atoms with E-state index in [4.69, 9.17) is 4.74 Å². The number of nitrogens with zero attached hydrogens (tertiary/aromatic N) is 3. The van der Waals surface area contributed by atoms with Gasteiger partial charge in [0, 0.05) is 35.8 Å². The van der Waals surface area contributed by atoms with Gasteiger partial charge in [-0.05, 0) is 42.7 Å². The highest BCUT2D eigenvalue weighted by molar-refractivity contribution is 5.82. The number of carbonyl (C=O) groups excluding carboxylic acids is 1. The van der Waals surface area contributed by atoms with Gasteiger partial charge in [0.25, 0.3) is 5.69 Å². The number of nitro groups is 1. The molecule has 8 heteroatoms. The first-order valence-electron chi connectivity index (χ1n) is 12.5. The summed E-state index contributed by atoms with van der Waals surface area (Å²) in [6.07, 6.45) is 10.1. The van der Waals surface area contributed by atoms with Crippen LogP contribution in [0.1, 0.15) is 50.5 Å². The standard InChI is InChI=1S/C28H38N3O4.HI/c1-31(2,3)26-14-11-23(12-15-26)21-28(32)35-20-10-8-6-4-5-7-9-18-29-19-17-24-22-25(30(33)34)13-16-27(24)29;/h11-17,19,22H,4-10,18,20-21H2,1-3H3;1H/q+1;/p-1. The van der Waals surface area contributed by atoms with Crippen LogP contribution in [0.25, 0.3) is 10.9 Å². The van der Waals surface area contributed by atoms with Crippen LogP contribution in [0.3, 0.4) is 0 Å². The van der Waals surface area contributed by atoms with E-state index in [2.05, 4.69) is 37.8 Å². The number of aromatic nitrogens is 1. The van der Waals surface area contributed by atoms with E-state index in [-0.39, 0.29) is 40.6 Å². The molecule has 3 aromatic rings. The fraction of sp³-hybridized carbons (Fsp3) is 0.464. The number of aryl methyl sites for hydroxylation is 1. The lowest BCUT2D eigenvalue weighted by molar-refractivity contribution is -0.384. The number of carbonyl (C=O) groups is 1. The van der Waals surface area contributed by atoms with Crippen LogP contribution >= 0.6 is 0 Å². The summed E-state index contributed by atoms with van der Waals surface area (Å²) in [6, 6.07) is 15.1. The summed E-state index contributed by atoms with van der Waals surface area (Å²) >= 11 is 0. The zero-order valence-corrected chi connectivity index (χ0v) is 23.8. The van der Waals surface area contributed by atoms with Gasteiger partial charge in [-0.1, -0.05) is 44.2 Å². The zero-order valence-electron chi connectivity index (χ0n) is 21.6. The molecule has 1 heterocycles. The third kappa shape index (κ3) is 9.20. The van der Waals surface area contributed by atoms with E-state index in [9.17, 15) is 14.9 Å². The van der Waals surface area contributed by atoms with E-state index in [1.54, 1.807) is 12.1 Å². The highest BCUT2D eigenvalue weighted by Crippen LogP contribution is 2.22. The molecule has 0 aliphatic rings. The Morgan fingerprint density at radius 3 is 2.19 bits per heavy atom. The molecule has 0 N–H and O–H groups in total. The van der Waals surface area contributed by atoms with E-state index < -0.39 is 0 Å². The maximum Gasteiger partial charge on any atom is 0.310 e. The topological polar surface area (TPSA) is 74.4 Å². The molecule has 196 valence electrons. The molecule has 0 saturated carbocycles. The summed E-state index contributed by atoms with van der Waals surface area (Å²) < 4.78 is 8.33. The second-order valence-electron chi connectivity index (χ2n) is 10.1. The first-order chi connectivity index (χ1) is 16.7. The Kier molecular flexibility index (Phi) is 11.8. The average Bonchev–Trinajstić information content (AvgIpc) is 3.22. The van der Waals surface area contributed by atoms with Crippen LogP contribution in [0.5, 0.6) is 0 Å². The summed E-state index contributed by atoms with van der Waals surface area (Å²) in [5, 5.41) is 11.8. The number of rotatable bonds is 14. The Bertz CT molecular complexity index is 1120. The second kappa shape index (κ2) is 14.3. The molecule has 0 aliphatic carbocycles. The molecule has 0 amide bonds. The van der Waals surface area contributed by atoms with Gasteiger partial charge in [-0.3, -0.25) is 19.4 Å². The van der Waals surface area contributed by atoms with Crippen molar-refractivity contribution in [1.82, 2.24) is 9.05 Å². The largest absolute Gasteiger partial charge is 1.00 e. The molecular formula is C28H38IN3O4. The number of unbranched alkanes of at least 4 members (excludes halogenated alkanes) is 6. The van der Waals surface area contributed by atoms with Crippen LogP contribution in [0.15, 0.2) is 54.7 Å². The number of fused-ring (bicyclic) bond motifs is 1. The third-order valence-electron chi connectivity index (χ3n) is 6.33. The number of benzene rings is 2. The molecular weight excluding hydrogens is 569 g/mol. The van der Waals surface area contributed by atoms with Gasteiger partial charge in [-0.25, -0.2) is 0 Å². The number of hydrogen-bond acceptors (Lipinski definition) is 4. The van der Waals surface area contributed by atoms with E-state index >= 15 is 0 Å². The summed E-state index contributed by atoms with van der Waals surface area (Å²) in [4.78, 5) is 22.6. The molecule has 7 nitrogen and oxygen atoms in total. The number of esters is 1. The third-order valence-corrected chi connectivity index (χ3v) is 6.33. The number of halogens is 1. The minimum absolute atomic E-state index is 0. The first kappa shape index (κ1) is 29.8. The summed E-state index contributed by atoms with van der Waals surface area (Å²) in [5.41, 5.74) is 3.37. The molecule has 0 unspecified atom stereocenters. The van der Waals surface area contributed by atoms with Gasteiger partial charge < -0.3 is 33.3 Å². The lowest BCUT2D eigenvalue weighted by Crippen LogP contribution is -3.00. The SMILES string of the molecule is C[N+](C)(C)c1ccc(CC(=O)OCCCCCCCCCn2ccc3cc([N+](=O)[O-])ccc32)cc1.[I-]. The Morgan fingerprint density at radius 1 is 0.917 bits per heavy atom. The minimum atomic E-state index is -0.354. The predicted molar refractivity (Wildman–Crippen MR) is 142 cm³/mol. The van der Waals surface area contributed by atoms with Crippen LogP contribution in [0, 0.1) is 10.1 Å². The Morgan fingerprint density at radius 2 is 1.56 bits per heavy atom. The fourth-order valence-electron chi connectivity index (χ4n) is 4.23. The summed E-state index contributed by atoms with van der Waals surface area (Å²) in [6.45, 7) is 1.42.